The van der Waals surface area contributed by atoms with E-state index in [4.69, 9.17) is 9.63 Å². The highest BCUT2D eigenvalue weighted by atomic mass is 19.1. The number of rotatable bonds is 4. The number of nitrogens with zero attached hydrogens (tertiary/aromatic N) is 2. The van der Waals surface area contributed by atoms with Crippen LogP contribution in [0, 0.1) is 12.7 Å². The summed E-state index contributed by atoms with van der Waals surface area (Å²) in [6, 6.07) is 6.82. The number of aromatic carboxylic acids is 1. The second-order valence-corrected chi connectivity index (χ2v) is 5.33. The van der Waals surface area contributed by atoms with Crippen LogP contribution in [0.5, 0.6) is 0 Å². The van der Waals surface area contributed by atoms with E-state index in [2.05, 4.69) is 5.16 Å². The molecule has 0 radical (unpaired) electrons. The van der Waals surface area contributed by atoms with Crippen LogP contribution in [0.4, 0.5) is 4.39 Å². The van der Waals surface area contributed by atoms with Crippen LogP contribution in [-0.4, -0.2) is 26.6 Å². The van der Waals surface area contributed by atoms with Gasteiger partial charge in [0.25, 0.3) is 0 Å². The van der Waals surface area contributed by atoms with Crippen LogP contribution < -0.4 is 0 Å². The topological polar surface area (TPSA) is 85.3 Å². The monoisotopic (exact) mass is 328 g/mol. The average Bonchev–Trinajstić information content (AvgIpc) is 3.11. The molecular weight excluding hydrogens is 315 g/mol. The SMILES string of the molecule is Cc1onc(-c2ccc(F)cc2)c1C(=O)c1cc(C(=O)O)n(C)c1. The fourth-order valence-corrected chi connectivity index (χ4v) is 2.49. The summed E-state index contributed by atoms with van der Waals surface area (Å²) in [7, 11) is 1.54. The Morgan fingerprint density at radius 1 is 1.25 bits per heavy atom. The Labute approximate surface area is 136 Å². The molecule has 0 aliphatic carbocycles. The second-order valence-electron chi connectivity index (χ2n) is 5.33. The van der Waals surface area contributed by atoms with E-state index in [1.807, 2.05) is 0 Å². The number of hydrogen-bond acceptors (Lipinski definition) is 4. The van der Waals surface area contributed by atoms with E-state index in [9.17, 15) is 14.0 Å². The van der Waals surface area contributed by atoms with Gasteiger partial charge in [-0.2, -0.15) is 0 Å². The van der Waals surface area contributed by atoms with Gasteiger partial charge in [-0.1, -0.05) is 5.16 Å². The first-order chi connectivity index (χ1) is 11.4. The smallest absolute Gasteiger partial charge is 0.352 e. The van der Waals surface area contributed by atoms with E-state index in [0.29, 0.717) is 17.0 Å². The zero-order valence-electron chi connectivity index (χ0n) is 12.9. The summed E-state index contributed by atoms with van der Waals surface area (Å²) in [5, 5.41) is 13.0. The Morgan fingerprint density at radius 3 is 2.50 bits per heavy atom. The van der Waals surface area contributed by atoms with Gasteiger partial charge in [0.15, 0.2) is 5.78 Å². The highest BCUT2D eigenvalue weighted by Gasteiger charge is 2.25. The first-order valence-corrected chi connectivity index (χ1v) is 7.05. The lowest BCUT2D eigenvalue weighted by Crippen LogP contribution is -2.03. The van der Waals surface area contributed by atoms with E-state index in [-0.39, 0.29) is 16.8 Å². The quantitative estimate of drug-likeness (QED) is 0.744. The molecule has 0 bridgehead atoms. The summed E-state index contributed by atoms with van der Waals surface area (Å²) in [5.74, 6) is -1.63. The van der Waals surface area contributed by atoms with Gasteiger partial charge < -0.3 is 14.2 Å². The van der Waals surface area contributed by atoms with Crippen molar-refractivity contribution >= 4 is 11.8 Å². The van der Waals surface area contributed by atoms with Crippen molar-refractivity contribution in [2.75, 3.05) is 0 Å². The molecule has 0 amide bonds. The molecule has 24 heavy (non-hydrogen) atoms. The lowest BCUT2D eigenvalue weighted by molar-refractivity contribution is 0.0686. The molecule has 3 aromatic rings. The summed E-state index contributed by atoms with van der Waals surface area (Å²) < 4.78 is 19.6. The van der Waals surface area contributed by atoms with Crippen molar-refractivity contribution in [1.82, 2.24) is 9.72 Å². The molecule has 0 spiro atoms. The van der Waals surface area contributed by atoms with Gasteiger partial charge in [0.2, 0.25) is 0 Å². The Morgan fingerprint density at radius 2 is 1.92 bits per heavy atom. The number of hydrogen-bond donors (Lipinski definition) is 1. The van der Waals surface area contributed by atoms with E-state index < -0.39 is 17.6 Å². The molecule has 0 fully saturated rings. The summed E-state index contributed by atoms with van der Waals surface area (Å²) in [4.78, 5) is 23.9. The normalized spacial score (nSPS) is 10.8. The van der Waals surface area contributed by atoms with Crippen LogP contribution in [0.3, 0.4) is 0 Å². The lowest BCUT2D eigenvalue weighted by Gasteiger charge is -2.01. The van der Waals surface area contributed by atoms with Crippen molar-refractivity contribution < 1.29 is 23.6 Å². The van der Waals surface area contributed by atoms with Crippen molar-refractivity contribution in [1.29, 1.82) is 0 Å². The number of halogens is 1. The predicted octanol–water partition coefficient (Wildman–Crippen LogP) is 3.06. The molecule has 3 rings (SSSR count). The van der Waals surface area contributed by atoms with Crippen LogP contribution in [0.15, 0.2) is 41.1 Å². The van der Waals surface area contributed by atoms with Crippen LogP contribution in [0.25, 0.3) is 11.3 Å². The number of carbonyl (C=O) groups is 2. The molecule has 1 aromatic carbocycles. The maximum absolute atomic E-state index is 13.1. The van der Waals surface area contributed by atoms with Gasteiger partial charge in [0, 0.05) is 24.4 Å². The third kappa shape index (κ3) is 2.60. The van der Waals surface area contributed by atoms with Crippen molar-refractivity contribution in [2.45, 2.75) is 6.92 Å². The lowest BCUT2D eigenvalue weighted by atomic mass is 9.99. The molecule has 1 N–H and O–H groups in total. The van der Waals surface area contributed by atoms with Gasteiger partial charge in [0.1, 0.15) is 23.0 Å². The minimum absolute atomic E-state index is 0.00390. The zero-order valence-corrected chi connectivity index (χ0v) is 12.9. The Kier molecular flexibility index (Phi) is 3.76. The van der Waals surface area contributed by atoms with Gasteiger partial charge in [-0.15, -0.1) is 0 Å². The van der Waals surface area contributed by atoms with Gasteiger partial charge in [-0.3, -0.25) is 4.79 Å². The largest absolute Gasteiger partial charge is 0.477 e. The highest BCUT2D eigenvalue weighted by molar-refractivity contribution is 6.13. The second kappa shape index (κ2) is 5.77. The Balaban J connectivity index is 2.08. The van der Waals surface area contributed by atoms with Crippen LogP contribution in [0.2, 0.25) is 0 Å². The van der Waals surface area contributed by atoms with Crippen LogP contribution in [-0.2, 0) is 7.05 Å². The number of carbonyl (C=O) groups excluding carboxylic acids is 1. The first kappa shape index (κ1) is 15.7. The first-order valence-electron chi connectivity index (χ1n) is 7.05. The third-order valence-electron chi connectivity index (χ3n) is 3.69. The van der Waals surface area contributed by atoms with E-state index in [1.54, 1.807) is 14.0 Å². The van der Waals surface area contributed by atoms with Crippen molar-refractivity contribution in [3.05, 3.63) is 64.9 Å². The molecule has 6 nitrogen and oxygen atoms in total. The Bertz CT molecular complexity index is 938. The predicted molar refractivity (Wildman–Crippen MR) is 82.4 cm³/mol. The Hall–Kier alpha value is -3.22. The fraction of sp³-hybridized carbons (Fsp3) is 0.118. The molecule has 2 aromatic heterocycles. The minimum Gasteiger partial charge on any atom is -0.477 e. The zero-order chi connectivity index (χ0) is 17.4. The maximum atomic E-state index is 13.1. The molecule has 0 saturated carbocycles. The molecule has 0 unspecified atom stereocenters. The van der Waals surface area contributed by atoms with E-state index in [0.717, 1.165) is 0 Å². The van der Waals surface area contributed by atoms with E-state index >= 15 is 0 Å². The standard InChI is InChI=1S/C17H13FN2O4/c1-9-14(15(19-24-9)10-3-5-12(18)6-4-10)16(21)11-7-13(17(22)23)20(2)8-11/h3-8H,1-2H3,(H,22,23). The summed E-state index contributed by atoms with van der Waals surface area (Å²) >= 11 is 0. The molecule has 0 aliphatic rings. The van der Waals surface area contributed by atoms with Gasteiger partial charge in [-0.25, -0.2) is 9.18 Å². The molecule has 7 heteroatoms. The number of carboxylic acid groups (broad SMARTS) is 1. The maximum Gasteiger partial charge on any atom is 0.352 e. The fourth-order valence-electron chi connectivity index (χ4n) is 2.49. The number of benzene rings is 1. The summed E-state index contributed by atoms with van der Waals surface area (Å²) in [6.45, 7) is 1.59. The van der Waals surface area contributed by atoms with Crippen molar-refractivity contribution in [2.24, 2.45) is 7.05 Å². The van der Waals surface area contributed by atoms with Crippen molar-refractivity contribution in [3.8, 4) is 11.3 Å². The molecule has 0 aliphatic heterocycles. The number of ketones is 1. The molecule has 0 atom stereocenters. The third-order valence-corrected chi connectivity index (χ3v) is 3.69. The molecule has 0 saturated heterocycles. The average molecular weight is 328 g/mol. The van der Waals surface area contributed by atoms with Gasteiger partial charge in [0.05, 0.1) is 5.56 Å². The number of aryl methyl sites for hydroxylation is 2. The number of carboxylic acids is 1. The minimum atomic E-state index is -1.13. The molecular formula is C17H13FN2O4. The van der Waals surface area contributed by atoms with E-state index in [1.165, 1.54) is 41.1 Å². The van der Waals surface area contributed by atoms with Crippen LogP contribution in [0.1, 0.15) is 32.2 Å². The molecule has 2 heterocycles. The van der Waals surface area contributed by atoms with Crippen LogP contribution >= 0.6 is 0 Å². The number of aromatic nitrogens is 2. The van der Waals surface area contributed by atoms with Gasteiger partial charge >= 0.3 is 5.97 Å². The highest BCUT2D eigenvalue weighted by Crippen LogP contribution is 2.28. The summed E-state index contributed by atoms with van der Waals surface area (Å²) in [5.41, 5.74) is 1.26. The molecule has 122 valence electrons. The summed E-state index contributed by atoms with van der Waals surface area (Å²) in [6.07, 6.45) is 1.44. The van der Waals surface area contributed by atoms with Crippen molar-refractivity contribution in [3.63, 3.8) is 0 Å². The van der Waals surface area contributed by atoms with Gasteiger partial charge in [-0.05, 0) is 37.3 Å².